The highest BCUT2D eigenvalue weighted by Crippen LogP contribution is 2.43. The molecule has 0 aliphatic heterocycles. The van der Waals surface area contributed by atoms with Crippen LogP contribution >= 0.6 is 0 Å². The zero-order valence-electron chi connectivity index (χ0n) is 25.2. The molecule has 0 atom stereocenters. The molecular formula is C44H30N2. The summed E-state index contributed by atoms with van der Waals surface area (Å²) >= 11 is 0. The van der Waals surface area contributed by atoms with Crippen LogP contribution < -0.4 is 4.90 Å². The highest BCUT2D eigenvalue weighted by molar-refractivity contribution is 6.10. The van der Waals surface area contributed by atoms with Crippen molar-refractivity contribution in [3.05, 3.63) is 182 Å². The topological polar surface area (TPSA) is 8.17 Å². The Morgan fingerprint density at radius 3 is 1.61 bits per heavy atom. The van der Waals surface area contributed by atoms with E-state index in [9.17, 15) is 0 Å². The third-order valence-electron chi connectivity index (χ3n) is 9.18. The minimum Gasteiger partial charge on any atom is -0.309 e. The molecule has 1 aromatic heterocycles. The van der Waals surface area contributed by atoms with Gasteiger partial charge in [0, 0.05) is 32.9 Å². The fourth-order valence-corrected chi connectivity index (χ4v) is 7.12. The minimum atomic E-state index is 1.13. The Bertz CT molecular complexity index is 2470. The van der Waals surface area contributed by atoms with Crippen LogP contribution in [0.2, 0.25) is 0 Å². The molecule has 0 spiro atoms. The van der Waals surface area contributed by atoms with E-state index in [0.29, 0.717) is 0 Å². The van der Waals surface area contributed by atoms with Gasteiger partial charge in [0.15, 0.2) is 0 Å². The van der Waals surface area contributed by atoms with E-state index in [1.165, 1.54) is 54.5 Å². The van der Waals surface area contributed by atoms with Crippen molar-refractivity contribution in [1.82, 2.24) is 4.57 Å². The van der Waals surface area contributed by atoms with E-state index in [-0.39, 0.29) is 0 Å². The highest BCUT2D eigenvalue weighted by atomic mass is 15.1. The maximum atomic E-state index is 2.40. The van der Waals surface area contributed by atoms with Crippen molar-refractivity contribution in [1.29, 1.82) is 0 Å². The summed E-state index contributed by atoms with van der Waals surface area (Å²) in [5.74, 6) is 0. The van der Waals surface area contributed by atoms with E-state index in [1.807, 2.05) is 0 Å². The van der Waals surface area contributed by atoms with Gasteiger partial charge in [-0.1, -0.05) is 133 Å². The average molecular weight is 587 g/mol. The van der Waals surface area contributed by atoms with Crippen LogP contribution in [0.4, 0.5) is 17.1 Å². The third kappa shape index (κ3) is 4.19. The first kappa shape index (κ1) is 26.3. The van der Waals surface area contributed by atoms with Gasteiger partial charge in [0.2, 0.25) is 0 Å². The van der Waals surface area contributed by atoms with Gasteiger partial charge in [-0.05, 0) is 70.4 Å². The van der Waals surface area contributed by atoms with Crippen molar-refractivity contribution >= 4 is 60.4 Å². The minimum absolute atomic E-state index is 1.13. The second kappa shape index (κ2) is 10.8. The standard InChI is InChI=1S/C44H30N2/c1-2-15-33(16-3-1)45(41-25-10-14-31-13-4-5-17-36(31)41)44-26-12-21-37-35(20-11-22-38(37)44)32-27-29-34(30-28-32)46-42-23-8-6-18-39(42)40-19-7-9-24-43(40)46/h1-30H. The zero-order valence-corrected chi connectivity index (χ0v) is 25.2. The molecule has 0 bridgehead atoms. The smallest absolute Gasteiger partial charge is 0.0541 e. The second-order valence-electron chi connectivity index (χ2n) is 11.8. The molecule has 0 radical (unpaired) electrons. The molecule has 2 nitrogen and oxygen atoms in total. The summed E-state index contributed by atoms with van der Waals surface area (Å²) in [6, 6.07) is 65.6. The fraction of sp³-hybridized carbons (Fsp3) is 0. The van der Waals surface area contributed by atoms with Crippen LogP contribution in [-0.4, -0.2) is 4.57 Å². The van der Waals surface area contributed by atoms with Gasteiger partial charge in [0.05, 0.1) is 22.4 Å². The highest BCUT2D eigenvalue weighted by Gasteiger charge is 2.18. The zero-order chi connectivity index (χ0) is 30.5. The maximum absolute atomic E-state index is 2.40. The van der Waals surface area contributed by atoms with E-state index in [4.69, 9.17) is 0 Å². The van der Waals surface area contributed by atoms with Crippen molar-refractivity contribution in [2.24, 2.45) is 0 Å². The normalized spacial score (nSPS) is 11.5. The maximum Gasteiger partial charge on any atom is 0.0541 e. The molecule has 0 unspecified atom stereocenters. The van der Waals surface area contributed by atoms with Crippen molar-refractivity contribution in [2.75, 3.05) is 4.90 Å². The Balaban J connectivity index is 1.20. The number of fused-ring (bicyclic) bond motifs is 5. The summed E-state index contributed by atoms with van der Waals surface area (Å²) in [4.78, 5) is 2.40. The van der Waals surface area contributed by atoms with E-state index in [2.05, 4.69) is 191 Å². The van der Waals surface area contributed by atoms with Gasteiger partial charge in [-0.15, -0.1) is 0 Å². The van der Waals surface area contributed by atoms with Crippen LogP contribution in [0.3, 0.4) is 0 Å². The van der Waals surface area contributed by atoms with Gasteiger partial charge >= 0.3 is 0 Å². The van der Waals surface area contributed by atoms with Crippen molar-refractivity contribution in [2.45, 2.75) is 0 Å². The van der Waals surface area contributed by atoms with Crippen LogP contribution in [-0.2, 0) is 0 Å². The Hall–Kier alpha value is -6.12. The van der Waals surface area contributed by atoms with E-state index in [1.54, 1.807) is 0 Å². The number of hydrogen-bond donors (Lipinski definition) is 0. The molecule has 9 aromatic rings. The van der Waals surface area contributed by atoms with Crippen LogP contribution in [0.1, 0.15) is 0 Å². The Morgan fingerprint density at radius 1 is 0.348 bits per heavy atom. The number of nitrogens with zero attached hydrogens (tertiary/aromatic N) is 2. The van der Waals surface area contributed by atoms with Gasteiger partial charge in [-0.3, -0.25) is 0 Å². The summed E-state index contributed by atoms with van der Waals surface area (Å²) < 4.78 is 2.37. The molecule has 0 aliphatic rings. The van der Waals surface area contributed by atoms with Gasteiger partial charge in [-0.25, -0.2) is 0 Å². The average Bonchev–Trinajstić information content (AvgIpc) is 3.47. The summed E-state index contributed by atoms with van der Waals surface area (Å²) in [7, 11) is 0. The lowest BCUT2D eigenvalue weighted by atomic mass is 9.96. The number of anilines is 3. The van der Waals surface area contributed by atoms with Gasteiger partial charge in [0.25, 0.3) is 0 Å². The summed E-state index contributed by atoms with van der Waals surface area (Å²) in [6.45, 7) is 0. The number of aromatic nitrogens is 1. The monoisotopic (exact) mass is 586 g/mol. The number of para-hydroxylation sites is 3. The van der Waals surface area contributed by atoms with Gasteiger partial charge < -0.3 is 9.47 Å². The molecule has 9 rings (SSSR count). The van der Waals surface area contributed by atoms with Crippen molar-refractivity contribution < 1.29 is 0 Å². The number of rotatable bonds is 5. The summed E-state index contributed by atoms with van der Waals surface area (Å²) in [5, 5.41) is 7.44. The first-order valence-corrected chi connectivity index (χ1v) is 15.8. The van der Waals surface area contributed by atoms with Gasteiger partial charge in [0.1, 0.15) is 0 Å². The first-order valence-electron chi connectivity index (χ1n) is 15.8. The molecule has 0 saturated carbocycles. The molecule has 2 heteroatoms. The number of benzene rings is 8. The van der Waals surface area contributed by atoms with Crippen LogP contribution in [0.5, 0.6) is 0 Å². The third-order valence-corrected chi connectivity index (χ3v) is 9.18. The van der Waals surface area contributed by atoms with E-state index in [0.717, 1.165) is 22.7 Å². The molecule has 0 saturated heterocycles. The van der Waals surface area contributed by atoms with Gasteiger partial charge in [-0.2, -0.15) is 0 Å². The predicted octanol–water partition coefficient (Wildman–Crippen LogP) is 12.2. The summed E-state index contributed by atoms with van der Waals surface area (Å²) in [5.41, 5.74) is 9.48. The largest absolute Gasteiger partial charge is 0.309 e. The molecule has 1 heterocycles. The SMILES string of the molecule is c1ccc(N(c2cccc3ccccc23)c2cccc3c(-c4ccc(-n5c6ccccc6c6ccccc65)cc4)cccc23)cc1. The lowest BCUT2D eigenvalue weighted by molar-refractivity contribution is 1.18. The number of hydrogen-bond acceptors (Lipinski definition) is 1. The predicted molar refractivity (Wildman–Crippen MR) is 196 cm³/mol. The lowest BCUT2D eigenvalue weighted by Crippen LogP contribution is -2.11. The van der Waals surface area contributed by atoms with E-state index >= 15 is 0 Å². The quantitative estimate of drug-likeness (QED) is 0.195. The second-order valence-corrected chi connectivity index (χ2v) is 11.8. The molecule has 8 aromatic carbocycles. The molecule has 216 valence electrons. The molecule has 0 fully saturated rings. The molecule has 46 heavy (non-hydrogen) atoms. The van der Waals surface area contributed by atoms with Crippen LogP contribution in [0, 0.1) is 0 Å². The van der Waals surface area contributed by atoms with Crippen molar-refractivity contribution in [3.8, 4) is 16.8 Å². The Kier molecular flexibility index (Phi) is 6.17. The molecule has 0 amide bonds. The lowest BCUT2D eigenvalue weighted by Gasteiger charge is -2.28. The molecule has 0 N–H and O–H groups in total. The van der Waals surface area contributed by atoms with Crippen LogP contribution in [0.15, 0.2) is 182 Å². The van der Waals surface area contributed by atoms with E-state index < -0.39 is 0 Å². The summed E-state index contributed by atoms with van der Waals surface area (Å²) in [6.07, 6.45) is 0. The van der Waals surface area contributed by atoms with Crippen molar-refractivity contribution in [3.63, 3.8) is 0 Å². The first-order chi connectivity index (χ1) is 22.8. The Labute approximate surface area is 268 Å². The molecule has 0 aliphatic carbocycles. The van der Waals surface area contributed by atoms with Crippen LogP contribution in [0.25, 0.3) is 60.2 Å². The molecular weight excluding hydrogens is 556 g/mol. The Morgan fingerprint density at radius 2 is 0.870 bits per heavy atom. The fourth-order valence-electron chi connectivity index (χ4n) is 7.12.